The standard InChI is InChI=1S/C12H15NO5/c1-3-17-12(16)7(2)18-10-5-4-8(13)6-9(10)11(14)15/h4-7H,3,13H2,1-2H3,(H,14,15). The molecule has 1 atom stereocenters. The molecule has 0 aliphatic rings. The molecule has 0 aromatic heterocycles. The number of rotatable bonds is 5. The van der Waals surface area contributed by atoms with Crippen LogP contribution >= 0.6 is 0 Å². The van der Waals surface area contributed by atoms with Crippen molar-refractivity contribution in [3.8, 4) is 5.75 Å². The van der Waals surface area contributed by atoms with Crippen molar-refractivity contribution >= 4 is 17.6 Å². The van der Waals surface area contributed by atoms with Gasteiger partial charge in [0.1, 0.15) is 11.3 Å². The molecule has 1 aromatic rings. The van der Waals surface area contributed by atoms with E-state index in [0.717, 1.165) is 0 Å². The SMILES string of the molecule is CCOC(=O)C(C)Oc1ccc(N)cc1C(=O)O. The lowest BCUT2D eigenvalue weighted by Gasteiger charge is -2.15. The lowest BCUT2D eigenvalue weighted by molar-refractivity contribution is -0.150. The number of aromatic carboxylic acids is 1. The number of carboxylic acids is 1. The molecule has 0 heterocycles. The Morgan fingerprint density at radius 2 is 2.11 bits per heavy atom. The maximum atomic E-state index is 11.4. The number of carbonyl (C=O) groups is 2. The van der Waals surface area contributed by atoms with Gasteiger partial charge in [-0.05, 0) is 32.0 Å². The van der Waals surface area contributed by atoms with Gasteiger partial charge in [-0.15, -0.1) is 0 Å². The Hall–Kier alpha value is -2.24. The molecule has 6 nitrogen and oxygen atoms in total. The Morgan fingerprint density at radius 3 is 2.67 bits per heavy atom. The topological polar surface area (TPSA) is 98.9 Å². The Bertz CT molecular complexity index is 458. The predicted octanol–water partition coefficient (Wildman–Crippen LogP) is 1.30. The number of carboxylic acid groups (broad SMARTS) is 1. The highest BCUT2D eigenvalue weighted by molar-refractivity contribution is 5.92. The van der Waals surface area contributed by atoms with Crippen LogP contribution in [0.3, 0.4) is 0 Å². The van der Waals surface area contributed by atoms with E-state index >= 15 is 0 Å². The Balaban J connectivity index is 2.90. The second-order valence-electron chi connectivity index (χ2n) is 3.57. The van der Waals surface area contributed by atoms with Gasteiger partial charge in [-0.1, -0.05) is 0 Å². The molecule has 98 valence electrons. The second-order valence-corrected chi connectivity index (χ2v) is 3.57. The summed E-state index contributed by atoms with van der Waals surface area (Å²) >= 11 is 0. The molecular formula is C12H15NO5. The summed E-state index contributed by atoms with van der Waals surface area (Å²) in [6.07, 6.45) is -0.883. The van der Waals surface area contributed by atoms with Crippen molar-refractivity contribution in [1.29, 1.82) is 0 Å². The maximum Gasteiger partial charge on any atom is 0.347 e. The highest BCUT2D eigenvalue weighted by Crippen LogP contribution is 2.22. The van der Waals surface area contributed by atoms with Crippen molar-refractivity contribution in [1.82, 2.24) is 0 Å². The average molecular weight is 253 g/mol. The van der Waals surface area contributed by atoms with Crippen molar-refractivity contribution in [3.05, 3.63) is 23.8 Å². The monoisotopic (exact) mass is 253 g/mol. The smallest absolute Gasteiger partial charge is 0.347 e. The number of anilines is 1. The summed E-state index contributed by atoms with van der Waals surface area (Å²) in [7, 11) is 0. The van der Waals surface area contributed by atoms with E-state index in [-0.39, 0.29) is 17.9 Å². The minimum atomic E-state index is -1.17. The van der Waals surface area contributed by atoms with Gasteiger partial charge in [0.05, 0.1) is 6.61 Å². The highest BCUT2D eigenvalue weighted by Gasteiger charge is 2.19. The third kappa shape index (κ3) is 3.38. The van der Waals surface area contributed by atoms with E-state index < -0.39 is 18.0 Å². The summed E-state index contributed by atoms with van der Waals surface area (Å²) in [6.45, 7) is 3.40. The highest BCUT2D eigenvalue weighted by atomic mass is 16.6. The number of esters is 1. The van der Waals surface area contributed by atoms with Gasteiger partial charge in [-0.25, -0.2) is 9.59 Å². The van der Waals surface area contributed by atoms with E-state index in [9.17, 15) is 9.59 Å². The summed E-state index contributed by atoms with van der Waals surface area (Å²) in [6, 6.07) is 4.18. The molecular weight excluding hydrogens is 238 g/mol. The summed E-state index contributed by atoms with van der Waals surface area (Å²) < 4.78 is 10.0. The van der Waals surface area contributed by atoms with Crippen LogP contribution in [0, 0.1) is 0 Å². The lowest BCUT2D eigenvalue weighted by Crippen LogP contribution is -2.26. The molecule has 18 heavy (non-hydrogen) atoms. The van der Waals surface area contributed by atoms with Gasteiger partial charge in [-0.3, -0.25) is 0 Å². The van der Waals surface area contributed by atoms with E-state index in [0.29, 0.717) is 5.69 Å². The quantitative estimate of drug-likeness (QED) is 0.606. The van der Waals surface area contributed by atoms with Crippen molar-refractivity contribution < 1.29 is 24.2 Å². The molecule has 1 rings (SSSR count). The molecule has 0 radical (unpaired) electrons. The summed E-state index contributed by atoms with van der Waals surface area (Å²) in [4.78, 5) is 22.4. The van der Waals surface area contributed by atoms with Gasteiger partial charge < -0.3 is 20.3 Å². The molecule has 0 saturated heterocycles. The fourth-order valence-electron chi connectivity index (χ4n) is 1.32. The van der Waals surface area contributed by atoms with Crippen LogP contribution in [0.15, 0.2) is 18.2 Å². The van der Waals surface area contributed by atoms with Crippen molar-refractivity contribution in [2.75, 3.05) is 12.3 Å². The van der Waals surface area contributed by atoms with Crippen LogP contribution in [0.25, 0.3) is 0 Å². The number of carbonyl (C=O) groups excluding carboxylic acids is 1. The van der Waals surface area contributed by atoms with E-state index in [4.69, 9.17) is 20.3 Å². The third-order valence-electron chi connectivity index (χ3n) is 2.16. The zero-order chi connectivity index (χ0) is 13.7. The van der Waals surface area contributed by atoms with E-state index in [2.05, 4.69) is 0 Å². The summed E-state index contributed by atoms with van der Waals surface area (Å²) in [5.74, 6) is -1.64. The molecule has 1 unspecified atom stereocenters. The Labute approximate surface area is 104 Å². The largest absolute Gasteiger partial charge is 0.478 e. The molecule has 6 heteroatoms. The molecule has 0 aliphatic carbocycles. The van der Waals surface area contributed by atoms with E-state index in [1.165, 1.54) is 25.1 Å². The van der Waals surface area contributed by atoms with Crippen LogP contribution < -0.4 is 10.5 Å². The van der Waals surface area contributed by atoms with Gasteiger partial charge in [0, 0.05) is 5.69 Å². The lowest BCUT2D eigenvalue weighted by atomic mass is 10.2. The molecule has 1 aromatic carbocycles. The summed E-state index contributed by atoms with van der Waals surface area (Å²) in [5, 5.41) is 8.99. The van der Waals surface area contributed by atoms with Gasteiger partial charge in [0.15, 0.2) is 6.10 Å². The summed E-state index contributed by atoms with van der Waals surface area (Å²) in [5.41, 5.74) is 5.71. The molecule has 0 fully saturated rings. The van der Waals surface area contributed by atoms with E-state index in [1.54, 1.807) is 6.92 Å². The molecule has 0 spiro atoms. The fraction of sp³-hybridized carbons (Fsp3) is 0.333. The first-order valence-electron chi connectivity index (χ1n) is 5.41. The second kappa shape index (κ2) is 5.90. The van der Waals surface area contributed by atoms with Crippen molar-refractivity contribution in [3.63, 3.8) is 0 Å². The van der Waals surface area contributed by atoms with Gasteiger partial charge in [-0.2, -0.15) is 0 Å². The first-order valence-corrected chi connectivity index (χ1v) is 5.41. The maximum absolute atomic E-state index is 11.4. The van der Waals surface area contributed by atoms with Crippen molar-refractivity contribution in [2.45, 2.75) is 20.0 Å². The molecule has 0 amide bonds. The fourth-order valence-corrected chi connectivity index (χ4v) is 1.32. The number of nitrogen functional groups attached to an aromatic ring is 1. The molecule has 3 N–H and O–H groups in total. The molecule has 0 bridgehead atoms. The first-order chi connectivity index (χ1) is 8.45. The van der Waals surface area contributed by atoms with Gasteiger partial charge in [0.25, 0.3) is 0 Å². The van der Waals surface area contributed by atoms with Gasteiger partial charge in [0.2, 0.25) is 0 Å². The average Bonchev–Trinajstić information content (AvgIpc) is 2.31. The predicted molar refractivity (Wildman–Crippen MR) is 64.5 cm³/mol. The van der Waals surface area contributed by atoms with Crippen LogP contribution in [-0.4, -0.2) is 29.8 Å². The number of hydrogen-bond donors (Lipinski definition) is 2. The van der Waals surface area contributed by atoms with Gasteiger partial charge >= 0.3 is 11.9 Å². The van der Waals surface area contributed by atoms with Crippen LogP contribution in [0.4, 0.5) is 5.69 Å². The van der Waals surface area contributed by atoms with Crippen LogP contribution in [-0.2, 0) is 9.53 Å². The number of hydrogen-bond acceptors (Lipinski definition) is 5. The van der Waals surface area contributed by atoms with Crippen molar-refractivity contribution in [2.24, 2.45) is 0 Å². The van der Waals surface area contributed by atoms with Crippen LogP contribution in [0.2, 0.25) is 0 Å². The third-order valence-corrected chi connectivity index (χ3v) is 2.16. The van der Waals surface area contributed by atoms with E-state index in [1.807, 2.05) is 0 Å². The Morgan fingerprint density at radius 1 is 1.44 bits per heavy atom. The first kappa shape index (κ1) is 13.8. The number of benzene rings is 1. The van der Waals surface area contributed by atoms with Crippen LogP contribution in [0.5, 0.6) is 5.75 Å². The Kier molecular flexibility index (Phi) is 4.53. The number of ether oxygens (including phenoxy) is 2. The molecule has 0 saturated carbocycles. The minimum Gasteiger partial charge on any atom is -0.478 e. The minimum absolute atomic E-state index is 0.0808. The number of nitrogens with two attached hydrogens (primary N) is 1. The van der Waals surface area contributed by atoms with Crippen LogP contribution in [0.1, 0.15) is 24.2 Å². The zero-order valence-corrected chi connectivity index (χ0v) is 10.2. The normalized spacial score (nSPS) is 11.7. The zero-order valence-electron chi connectivity index (χ0n) is 10.2. The molecule has 0 aliphatic heterocycles.